The van der Waals surface area contributed by atoms with Gasteiger partial charge in [-0.25, -0.2) is 14.6 Å². The zero-order valence-electron chi connectivity index (χ0n) is 17.6. The number of nitrogens with one attached hydrogen (secondary N) is 2. The number of rotatable bonds is 10. The first-order valence-corrected chi connectivity index (χ1v) is 11.7. The number of hydrogen-bond donors (Lipinski definition) is 5. The highest BCUT2D eigenvalue weighted by Crippen LogP contribution is 2.40. The van der Waals surface area contributed by atoms with E-state index in [0.29, 0.717) is 24.4 Å². The number of aromatic nitrogens is 1. The molecule has 1 fully saturated rings. The summed E-state index contributed by atoms with van der Waals surface area (Å²) in [4.78, 5) is 58.5. The number of carboxylic acids is 2. The van der Waals surface area contributed by atoms with Crippen LogP contribution in [-0.4, -0.2) is 85.9 Å². The summed E-state index contributed by atoms with van der Waals surface area (Å²) < 4.78 is 0. The Morgan fingerprint density at radius 2 is 2.15 bits per heavy atom. The van der Waals surface area contributed by atoms with Crippen LogP contribution < -0.4 is 16.4 Å². The molecule has 0 aliphatic carbocycles. The van der Waals surface area contributed by atoms with Crippen molar-refractivity contribution in [2.45, 2.75) is 31.4 Å². The van der Waals surface area contributed by atoms with Crippen molar-refractivity contribution in [2.24, 2.45) is 5.16 Å². The molecule has 178 valence electrons. The molecule has 1 saturated heterocycles. The highest BCUT2D eigenvalue weighted by molar-refractivity contribution is 8.00. The lowest BCUT2D eigenvalue weighted by atomic mass is 10.0. The van der Waals surface area contributed by atoms with Crippen LogP contribution >= 0.6 is 23.1 Å². The van der Waals surface area contributed by atoms with Crippen LogP contribution in [0.4, 0.5) is 5.13 Å². The molecule has 6 N–H and O–H groups in total. The Bertz CT molecular complexity index is 1040. The van der Waals surface area contributed by atoms with Gasteiger partial charge in [-0.2, -0.15) is 0 Å². The number of nitrogen functional groups attached to an aromatic ring is 1. The number of thiazole rings is 1. The molecule has 2 aliphatic rings. The molecule has 3 atom stereocenters. The van der Waals surface area contributed by atoms with E-state index in [4.69, 9.17) is 15.7 Å². The van der Waals surface area contributed by atoms with Gasteiger partial charge in [0.2, 0.25) is 6.10 Å². The van der Waals surface area contributed by atoms with Gasteiger partial charge in [0.25, 0.3) is 11.8 Å². The molecule has 2 unspecified atom stereocenters. The molecule has 0 saturated carbocycles. The van der Waals surface area contributed by atoms with Gasteiger partial charge in [-0.05, 0) is 19.0 Å². The van der Waals surface area contributed by atoms with Gasteiger partial charge < -0.3 is 31.4 Å². The average Bonchev–Trinajstić information content (AvgIpc) is 3.20. The third-order valence-corrected chi connectivity index (χ3v) is 6.77. The largest absolute Gasteiger partial charge is 0.478 e. The van der Waals surface area contributed by atoms with Crippen molar-refractivity contribution in [3.05, 3.63) is 22.3 Å². The van der Waals surface area contributed by atoms with Gasteiger partial charge >= 0.3 is 11.9 Å². The van der Waals surface area contributed by atoms with Crippen molar-refractivity contribution in [2.75, 3.05) is 24.6 Å². The Morgan fingerprint density at radius 3 is 2.73 bits per heavy atom. The van der Waals surface area contributed by atoms with E-state index in [1.54, 1.807) is 0 Å². The number of aliphatic carboxylic acids is 2. The van der Waals surface area contributed by atoms with Crippen LogP contribution in [0, 0.1) is 0 Å². The molecule has 2 aliphatic heterocycles. The molecule has 15 heteroatoms. The topological polar surface area (TPSA) is 197 Å². The van der Waals surface area contributed by atoms with Crippen LogP contribution in [0.15, 0.2) is 21.8 Å². The molecule has 13 nitrogen and oxygen atoms in total. The number of amides is 2. The van der Waals surface area contributed by atoms with Crippen LogP contribution in [0.5, 0.6) is 0 Å². The summed E-state index contributed by atoms with van der Waals surface area (Å²) in [5.74, 6) is -3.55. The minimum atomic E-state index is -1.34. The molecule has 1 aromatic rings. The van der Waals surface area contributed by atoms with E-state index < -0.39 is 41.3 Å². The lowest BCUT2D eigenvalue weighted by Gasteiger charge is -2.49. The second-order valence-electron chi connectivity index (χ2n) is 7.00. The van der Waals surface area contributed by atoms with Crippen molar-refractivity contribution in [1.82, 2.24) is 20.5 Å². The second-order valence-corrected chi connectivity index (χ2v) is 8.99. The van der Waals surface area contributed by atoms with Crippen LogP contribution in [0.25, 0.3) is 0 Å². The summed E-state index contributed by atoms with van der Waals surface area (Å²) in [5, 5.41) is 28.8. The molecule has 0 aromatic carbocycles. The van der Waals surface area contributed by atoms with Crippen molar-refractivity contribution >= 4 is 57.7 Å². The number of nitrogens with two attached hydrogens (primary N) is 1. The number of β-lactam (4-membered cyclic amide) rings is 1. The van der Waals surface area contributed by atoms with Gasteiger partial charge in [-0.3, -0.25) is 14.5 Å². The third-order valence-electron chi connectivity index (χ3n) is 4.75. The van der Waals surface area contributed by atoms with Crippen LogP contribution in [0.3, 0.4) is 0 Å². The Morgan fingerprint density at radius 1 is 1.42 bits per heavy atom. The molecule has 0 radical (unpaired) electrons. The minimum absolute atomic E-state index is 0.0477. The van der Waals surface area contributed by atoms with Crippen molar-refractivity contribution in [1.29, 1.82) is 0 Å². The zero-order chi connectivity index (χ0) is 24.3. The molecule has 33 heavy (non-hydrogen) atoms. The van der Waals surface area contributed by atoms with E-state index in [1.807, 2.05) is 6.92 Å². The number of oxime groups is 1. The first-order valence-electron chi connectivity index (χ1n) is 9.75. The Kier molecular flexibility index (Phi) is 7.55. The molecule has 2 amide bonds. The van der Waals surface area contributed by atoms with E-state index >= 15 is 0 Å². The minimum Gasteiger partial charge on any atom is -0.478 e. The first kappa shape index (κ1) is 24.5. The van der Waals surface area contributed by atoms with Crippen LogP contribution in [0.2, 0.25) is 0 Å². The predicted octanol–water partition coefficient (Wildman–Crippen LogP) is -0.733. The number of nitrogens with zero attached hydrogens (tertiary/aromatic N) is 3. The molecule has 1 aromatic heterocycles. The van der Waals surface area contributed by atoms with Crippen molar-refractivity contribution in [3.63, 3.8) is 0 Å². The van der Waals surface area contributed by atoms with Gasteiger partial charge in [0.15, 0.2) is 10.8 Å². The molecule has 0 spiro atoms. The first-order chi connectivity index (χ1) is 15.6. The number of fused-ring (bicyclic) bond motifs is 1. The molecule has 3 heterocycles. The van der Waals surface area contributed by atoms with E-state index in [0.717, 1.165) is 16.2 Å². The number of carbonyl (C=O) groups excluding carboxylic acids is 2. The average molecular weight is 499 g/mol. The Labute approximate surface area is 196 Å². The zero-order valence-corrected chi connectivity index (χ0v) is 19.2. The smallest absolute Gasteiger partial charge is 0.352 e. The lowest BCUT2D eigenvalue weighted by Crippen LogP contribution is -2.71. The second kappa shape index (κ2) is 10.2. The normalized spacial score (nSPS) is 21.2. The molecular weight excluding hydrogens is 476 g/mol. The van der Waals surface area contributed by atoms with E-state index in [2.05, 4.69) is 20.8 Å². The van der Waals surface area contributed by atoms with Gasteiger partial charge in [0, 0.05) is 17.7 Å². The Hall–Kier alpha value is -3.17. The maximum Gasteiger partial charge on any atom is 0.352 e. The van der Waals surface area contributed by atoms with E-state index in [1.165, 1.54) is 24.1 Å². The standard InChI is InChI=1S/C18H22N6O7S2/c1-3-20-4-8-5-32-15-11(14(26)24(15)12(8)17(29)30)22-13(25)10(9-6-33-18(19)21-9)23-31-7(2)16(27)28/h6-7,11,15,20H,3-5H2,1-2H3,(H2,19,21)(H,22,25)(H,27,28)(H,29,30)/b23-10-/t7?,11?,15-/m1/s1. The number of thioether (sulfide) groups is 1. The maximum atomic E-state index is 12.9. The number of likely N-dealkylation sites (N-methyl/N-ethyl adjacent to an activating group) is 1. The fourth-order valence-corrected chi connectivity index (χ4v) is 4.98. The van der Waals surface area contributed by atoms with E-state index in [-0.39, 0.29) is 22.2 Å². The number of carboxylic acid groups (broad SMARTS) is 2. The quantitative estimate of drug-likeness (QED) is 0.155. The SMILES string of the molecule is CCNCC1=C(C(=O)O)N2C(=O)C(NC(=O)/C(=N\OC(C)C(=O)O)c3csc(N)n3)[C@H]2SC1. The maximum absolute atomic E-state index is 12.9. The fraction of sp³-hybridized carbons (Fsp3) is 0.444. The van der Waals surface area contributed by atoms with Gasteiger partial charge in [-0.15, -0.1) is 23.1 Å². The van der Waals surface area contributed by atoms with Crippen LogP contribution in [-0.2, 0) is 24.0 Å². The van der Waals surface area contributed by atoms with Gasteiger partial charge in [-0.1, -0.05) is 12.1 Å². The molecule has 0 bridgehead atoms. The Balaban J connectivity index is 1.79. The molecular formula is C18H22N6O7S2. The highest BCUT2D eigenvalue weighted by atomic mass is 32.2. The third kappa shape index (κ3) is 5.09. The summed E-state index contributed by atoms with van der Waals surface area (Å²) in [7, 11) is 0. The van der Waals surface area contributed by atoms with Gasteiger partial charge in [0.1, 0.15) is 22.8 Å². The summed E-state index contributed by atoms with van der Waals surface area (Å²) in [6.45, 7) is 4.09. The highest BCUT2D eigenvalue weighted by Gasteiger charge is 2.54. The number of anilines is 1. The lowest BCUT2D eigenvalue weighted by molar-refractivity contribution is -0.150. The summed E-state index contributed by atoms with van der Waals surface area (Å²) in [5.41, 5.74) is 5.80. The predicted molar refractivity (Wildman–Crippen MR) is 119 cm³/mol. The van der Waals surface area contributed by atoms with Crippen molar-refractivity contribution in [3.8, 4) is 0 Å². The van der Waals surface area contributed by atoms with E-state index in [9.17, 15) is 24.3 Å². The summed E-state index contributed by atoms with van der Waals surface area (Å²) in [6, 6.07) is -1.00. The monoisotopic (exact) mass is 498 g/mol. The molecule has 3 rings (SSSR count). The summed E-state index contributed by atoms with van der Waals surface area (Å²) >= 11 is 2.36. The van der Waals surface area contributed by atoms with Gasteiger partial charge in [0.05, 0.1) is 0 Å². The number of carbonyl (C=O) groups is 4. The summed E-state index contributed by atoms with van der Waals surface area (Å²) in [6.07, 6.45) is -1.34. The number of hydrogen-bond acceptors (Lipinski definition) is 11. The fourth-order valence-electron chi connectivity index (χ4n) is 3.08. The van der Waals surface area contributed by atoms with Crippen LogP contribution in [0.1, 0.15) is 19.5 Å². The van der Waals surface area contributed by atoms with Crippen molar-refractivity contribution < 1.29 is 34.2 Å².